The first-order chi connectivity index (χ1) is 7.96. The Morgan fingerprint density at radius 1 is 1.18 bits per heavy atom. The number of hydrogen-bond donors (Lipinski definition) is 1. The lowest BCUT2D eigenvalue weighted by Crippen LogP contribution is -2.38. The molecule has 0 radical (unpaired) electrons. The first-order valence-electron chi connectivity index (χ1n) is 7.27. The molecule has 0 aliphatic heterocycles. The van der Waals surface area contributed by atoms with Gasteiger partial charge in [0.15, 0.2) is 0 Å². The second-order valence-electron chi connectivity index (χ2n) is 6.51. The van der Waals surface area contributed by atoms with Crippen molar-refractivity contribution in [3.63, 3.8) is 0 Å². The summed E-state index contributed by atoms with van der Waals surface area (Å²) in [5.41, 5.74) is 0. The van der Waals surface area contributed by atoms with Crippen molar-refractivity contribution in [3.05, 3.63) is 0 Å². The lowest BCUT2D eigenvalue weighted by molar-refractivity contribution is 0.233. The maximum absolute atomic E-state index is 3.56. The summed E-state index contributed by atoms with van der Waals surface area (Å²) in [6.07, 6.45) is 7.18. The van der Waals surface area contributed by atoms with Gasteiger partial charge in [-0.25, -0.2) is 0 Å². The highest BCUT2D eigenvalue weighted by atomic mass is 32.2. The highest BCUT2D eigenvalue weighted by molar-refractivity contribution is 8.00. The average Bonchev–Trinajstić information content (AvgIpc) is 2.29. The highest BCUT2D eigenvalue weighted by Crippen LogP contribution is 2.34. The van der Waals surface area contributed by atoms with E-state index in [2.05, 4.69) is 51.8 Å². The summed E-state index contributed by atoms with van der Waals surface area (Å²) < 4.78 is 0.399. The van der Waals surface area contributed by atoms with Gasteiger partial charge in [-0.1, -0.05) is 47.0 Å². The SMILES string of the molecule is CCC1CCC(C(CSC(C)(C)C)NC)CC1. The van der Waals surface area contributed by atoms with E-state index >= 15 is 0 Å². The van der Waals surface area contributed by atoms with Crippen molar-refractivity contribution in [1.29, 1.82) is 0 Å². The van der Waals surface area contributed by atoms with Crippen molar-refractivity contribution < 1.29 is 0 Å². The molecule has 17 heavy (non-hydrogen) atoms. The molecule has 1 rings (SSSR count). The molecule has 1 unspecified atom stereocenters. The smallest absolute Gasteiger partial charge is 0.0183 e. The molecule has 1 nitrogen and oxygen atoms in total. The summed E-state index contributed by atoms with van der Waals surface area (Å²) in [5, 5.41) is 3.56. The summed E-state index contributed by atoms with van der Waals surface area (Å²) in [6.45, 7) is 9.30. The summed E-state index contributed by atoms with van der Waals surface area (Å²) >= 11 is 2.10. The molecule has 1 fully saturated rings. The molecule has 0 saturated heterocycles. The largest absolute Gasteiger partial charge is 0.316 e. The van der Waals surface area contributed by atoms with E-state index in [9.17, 15) is 0 Å². The number of nitrogens with one attached hydrogen (secondary N) is 1. The Morgan fingerprint density at radius 3 is 2.18 bits per heavy atom. The van der Waals surface area contributed by atoms with Crippen LogP contribution in [0.1, 0.15) is 59.8 Å². The van der Waals surface area contributed by atoms with Gasteiger partial charge >= 0.3 is 0 Å². The standard InChI is InChI=1S/C15H31NS/c1-6-12-7-9-13(10-8-12)14(16-5)11-17-15(2,3)4/h12-14,16H,6-11H2,1-5H3. The van der Waals surface area contributed by atoms with Crippen LogP contribution in [-0.2, 0) is 0 Å². The number of hydrogen-bond acceptors (Lipinski definition) is 2. The molecule has 0 aromatic carbocycles. The fourth-order valence-corrected chi connectivity index (χ4v) is 3.91. The van der Waals surface area contributed by atoms with E-state index in [1.54, 1.807) is 0 Å². The first kappa shape index (κ1) is 15.4. The summed E-state index contributed by atoms with van der Waals surface area (Å²) in [4.78, 5) is 0. The Kier molecular flexibility index (Phi) is 6.36. The zero-order valence-electron chi connectivity index (χ0n) is 12.4. The van der Waals surface area contributed by atoms with Crippen molar-refractivity contribution in [1.82, 2.24) is 5.32 Å². The summed E-state index contributed by atoms with van der Waals surface area (Å²) in [7, 11) is 2.14. The summed E-state index contributed by atoms with van der Waals surface area (Å²) in [5.74, 6) is 3.19. The van der Waals surface area contributed by atoms with Gasteiger partial charge in [-0.3, -0.25) is 0 Å². The third kappa shape index (κ3) is 5.65. The van der Waals surface area contributed by atoms with Gasteiger partial charge in [-0.15, -0.1) is 0 Å². The maximum Gasteiger partial charge on any atom is 0.0183 e. The van der Waals surface area contributed by atoms with Crippen LogP contribution in [0.25, 0.3) is 0 Å². The maximum atomic E-state index is 3.56. The van der Waals surface area contributed by atoms with Gasteiger partial charge in [0.25, 0.3) is 0 Å². The quantitative estimate of drug-likeness (QED) is 0.787. The van der Waals surface area contributed by atoms with Gasteiger partial charge in [0, 0.05) is 16.5 Å². The summed E-state index contributed by atoms with van der Waals surface area (Å²) in [6, 6.07) is 0.719. The van der Waals surface area contributed by atoms with E-state index in [-0.39, 0.29) is 0 Å². The van der Waals surface area contributed by atoms with Crippen molar-refractivity contribution in [2.24, 2.45) is 11.8 Å². The monoisotopic (exact) mass is 257 g/mol. The second kappa shape index (κ2) is 7.04. The van der Waals surface area contributed by atoms with Crippen LogP contribution < -0.4 is 5.32 Å². The van der Waals surface area contributed by atoms with Crippen molar-refractivity contribution in [3.8, 4) is 0 Å². The molecule has 0 aromatic rings. The van der Waals surface area contributed by atoms with Crippen LogP contribution in [0, 0.1) is 11.8 Å². The van der Waals surface area contributed by atoms with E-state index in [1.807, 2.05) is 0 Å². The van der Waals surface area contributed by atoms with Crippen molar-refractivity contribution in [2.45, 2.75) is 70.6 Å². The van der Waals surface area contributed by atoms with E-state index < -0.39 is 0 Å². The molecule has 1 aliphatic carbocycles. The zero-order valence-corrected chi connectivity index (χ0v) is 13.2. The molecule has 0 bridgehead atoms. The molecule has 0 spiro atoms. The molecule has 1 atom stereocenters. The lowest BCUT2D eigenvalue weighted by atomic mass is 9.78. The predicted molar refractivity (Wildman–Crippen MR) is 80.8 cm³/mol. The van der Waals surface area contributed by atoms with Gasteiger partial charge in [-0.2, -0.15) is 11.8 Å². The van der Waals surface area contributed by atoms with Gasteiger partial charge in [-0.05, 0) is 31.7 Å². The van der Waals surface area contributed by atoms with E-state index in [0.717, 1.165) is 17.9 Å². The fraction of sp³-hybridized carbons (Fsp3) is 1.00. The van der Waals surface area contributed by atoms with Gasteiger partial charge in [0.2, 0.25) is 0 Å². The Hall–Kier alpha value is 0.310. The predicted octanol–water partition coefficient (Wildman–Crippen LogP) is 4.32. The minimum Gasteiger partial charge on any atom is -0.316 e. The first-order valence-corrected chi connectivity index (χ1v) is 8.26. The van der Waals surface area contributed by atoms with Crippen LogP contribution in [0.3, 0.4) is 0 Å². The minimum absolute atomic E-state index is 0.399. The van der Waals surface area contributed by atoms with E-state index in [4.69, 9.17) is 0 Å². The zero-order chi connectivity index (χ0) is 12.9. The molecule has 102 valence electrons. The van der Waals surface area contributed by atoms with Crippen LogP contribution in [0.5, 0.6) is 0 Å². The molecule has 2 heteroatoms. The van der Waals surface area contributed by atoms with Gasteiger partial charge < -0.3 is 5.32 Å². The van der Waals surface area contributed by atoms with Crippen molar-refractivity contribution in [2.75, 3.05) is 12.8 Å². The lowest BCUT2D eigenvalue weighted by Gasteiger charge is -2.34. The Labute approximate surface area is 113 Å². The second-order valence-corrected chi connectivity index (χ2v) is 8.35. The van der Waals surface area contributed by atoms with Crippen LogP contribution in [0.2, 0.25) is 0 Å². The molecule has 0 heterocycles. The molecule has 1 saturated carbocycles. The van der Waals surface area contributed by atoms with Crippen molar-refractivity contribution >= 4 is 11.8 Å². The van der Waals surface area contributed by atoms with E-state index in [0.29, 0.717) is 4.75 Å². The minimum atomic E-state index is 0.399. The Balaban J connectivity index is 2.35. The van der Waals surface area contributed by atoms with Gasteiger partial charge in [0.05, 0.1) is 0 Å². The third-order valence-corrected chi connectivity index (χ3v) is 5.50. The Morgan fingerprint density at radius 2 is 1.76 bits per heavy atom. The van der Waals surface area contributed by atoms with E-state index in [1.165, 1.54) is 37.9 Å². The van der Waals surface area contributed by atoms with Crippen LogP contribution in [-0.4, -0.2) is 23.6 Å². The molecule has 0 aromatic heterocycles. The molecule has 1 aliphatic rings. The van der Waals surface area contributed by atoms with Crippen LogP contribution in [0.4, 0.5) is 0 Å². The highest BCUT2D eigenvalue weighted by Gasteiger charge is 2.27. The topological polar surface area (TPSA) is 12.0 Å². The van der Waals surface area contributed by atoms with Gasteiger partial charge in [0.1, 0.15) is 0 Å². The average molecular weight is 257 g/mol. The van der Waals surface area contributed by atoms with Crippen LogP contribution >= 0.6 is 11.8 Å². The third-order valence-electron chi connectivity index (χ3n) is 4.10. The number of thioether (sulfide) groups is 1. The molecule has 0 amide bonds. The fourth-order valence-electron chi connectivity index (χ4n) is 2.79. The molecule has 1 N–H and O–H groups in total. The Bertz CT molecular complexity index is 201. The molecular weight excluding hydrogens is 226 g/mol. The normalized spacial score (nSPS) is 28.1. The number of rotatable bonds is 5. The molecular formula is C15H31NS. The van der Waals surface area contributed by atoms with Crippen LogP contribution in [0.15, 0.2) is 0 Å².